The van der Waals surface area contributed by atoms with Gasteiger partial charge in [-0.2, -0.15) is 0 Å². The summed E-state index contributed by atoms with van der Waals surface area (Å²) in [6.07, 6.45) is 2.71. The number of hydrogen-bond donors (Lipinski definition) is 1. The summed E-state index contributed by atoms with van der Waals surface area (Å²) in [5.74, 6) is 0.820. The van der Waals surface area contributed by atoms with Crippen LogP contribution >= 0.6 is 28.3 Å². The summed E-state index contributed by atoms with van der Waals surface area (Å²) >= 11 is 3.56. The van der Waals surface area contributed by atoms with Gasteiger partial charge in [0.15, 0.2) is 0 Å². The van der Waals surface area contributed by atoms with Crippen molar-refractivity contribution in [2.45, 2.75) is 26.3 Å². The minimum absolute atomic E-state index is 0. The number of likely N-dealkylation sites (tertiary alicyclic amines) is 1. The van der Waals surface area contributed by atoms with Gasteiger partial charge in [0.1, 0.15) is 0 Å². The monoisotopic (exact) mass is 346 g/mol. The highest BCUT2D eigenvalue weighted by molar-refractivity contribution is 9.10. The smallest absolute Gasteiger partial charge is 0.0233 e. The lowest BCUT2D eigenvalue weighted by Gasteiger charge is -2.32. The number of nitrogens with one attached hydrogen (secondary N) is 1. The SMILES string of the molecule is CNCC1CCCN(Cc2ccc(Br)c(C)c2)C1.Cl. The van der Waals surface area contributed by atoms with Gasteiger partial charge in [-0.1, -0.05) is 28.1 Å². The summed E-state index contributed by atoms with van der Waals surface area (Å²) in [7, 11) is 2.05. The van der Waals surface area contributed by atoms with Gasteiger partial charge in [-0.25, -0.2) is 0 Å². The van der Waals surface area contributed by atoms with E-state index in [1.54, 1.807) is 0 Å². The van der Waals surface area contributed by atoms with Crippen molar-refractivity contribution in [1.29, 1.82) is 0 Å². The van der Waals surface area contributed by atoms with E-state index < -0.39 is 0 Å². The van der Waals surface area contributed by atoms with E-state index in [9.17, 15) is 0 Å². The number of halogens is 2. The maximum Gasteiger partial charge on any atom is 0.0233 e. The molecule has 0 spiro atoms. The first-order valence-corrected chi connectivity index (χ1v) is 7.60. The second-order valence-electron chi connectivity index (χ2n) is 5.38. The molecule has 1 aromatic rings. The van der Waals surface area contributed by atoms with Crippen molar-refractivity contribution >= 4 is 28.3 Å². The minimum Gasteiger partial charge on any atom is -0.319 e. The molecule has 1 heterocycles. The van der Waals surface area contributed by atoms with Gasteiger partial charge in [0.2, 0.25) is 0 Å². The van der Waals surface area contributed by atoms with Gasteiger partial charge in [0, 0.05) is 17.6 Å². The van der Waals surface area contributed by atoms with Gasteiger partial charge in [0.25, 0.3) is 0 Å². The molecule has 1 aromatic carbocycles. The van der Waals surface area contributed by atoms with Gasteiger partial charge in [0.05, 0.1) is 0 Å². The summed E-state index contributed by atoms with van der Waals surface area (Å²) in [4.78, 5) is 2.59. The van der Waals surface area contributed by atoms with Crippen molar-refractivity contribution in [2.75, 3.05) is 26.7 Å². The van der Waals surface area contributed by atoms with Crippen LogP contribution in [0.3, 0.4) is 0 Å². The molecule has 1 fully saturated rings. The van der Waals surface area contributed by atoms with Gasteiger partial charge >= 0.3 is 0 Å². The molecule has 1 atom stereocenters. The van der Waals surface area contributed by atoms with Crippen LogP contribution in [-0.2, 0) is 6.54 Å². The Hall–Kier alpha value is -0.0900. The van der Waals surface area contributed by atoms with Gasteiger partial charge < -0.3 is 5.32 Å². The van der Waals surface area contributed by atoms with Crippen LogP contribution in [0.1, 0.15) is 24.0 Å². The highest BCUT2D eigenvalue weighted by atomic mass is 79.9. The fourth-order valence-corrected chi connectivity index (χ4v) is 3.06. The molecule has 2 rings (SSSR count). The Balaban J connectivity index is 0.00000180. The van der Waals surface area contributed by atoms with Crippen LogP contribution in [0.4, 0.5) is 0 Å². The fourth-order valence-electron chi connectivity index (χ4n) is 2.81. The number of aryl methyl sites for hydroxylation is 1. The third-order valence-electron chi connectivity index (χ3n) is 3.72. The van der Waals surface area contributed by atoms with E-state index in [1.807, 2.05) is 0 Å². The third-order valence-corrected chi connectivity index (χ3v) is 4.61. The lowest BCUT2D eigenvalue weighted by atomic mass is 9.97. The summed E-state index contributed by atoms with van der Waals surface area (Å²) in [6, 6.07) is 6.70. The molecule has 1 aliphatic rings. The molecule has 0 aromatic heterocycles. The lowest BCUT2D eigenvalue weighted by Crippen LogP contribution is -2.38. The van der Waals surface area contributed by atoms with E-state index in [1.165, 1.54) is 41.5 Å². The number of benzene rings is 1. The lowest BCUT2D eigenvalue weighted by molar-refractivity contribution is 0.167. The largest absolute Gasteiger partial charge is 0.319 e. The molecule has 0 bridgehead atoms. The predicted octanol–water partition coefficient (Wildman–Crippen LogP) is 3.61. The van der Waals surface area contributed by atoms with E-state index >= 15 is 0 Å². The molecule has 1 N–H and O–H groups in total. The van der Waals surface area contributed by atoms with Crippen molar-refractivity contribution in [3.05, 3.63) is 33.8 Å². The van der Waals surface area contributed by atoms with Crippen LogP contribution in [0, 0.1) is 12.8 Å². The molecule has 19 heavy (non-hydrogen) atoms. The van der Waals surface area contributed by atoms with Crippen LogP contribution in [0.5, 0.6) is 0 Å². The zero-order chi connectivity index (χ0) is 13.0. The van der Waals surface area contributed by atoms with E-state index in [2.05, 4.69) is 58.3 Å². The Bertz CT molecular complexity index is 396. The van der Waals surface area contributed by atoms with E-state index in [4.69, 9.17) is 0 Å². The second-order valence-corrected chi connectivity index (χ2v) is 6.24. The number of nitrogens with zero attached hydrogens (tertiary/aromatic N) is 1. The van der Waals surface area contributed by atoms with Crippen LogP contribution < -0.4 is 5.32 Å². The number of piperidine rings is 1. The molecule has 0 amide bonds. The molecule has 1 saturated heterocycles. The van der Waals surface area contributed by atoms with E-state index in [-0.39, 0.29) is 12.4 Å². The molecule has 1 unspecified atom stereocenters. The molecule has 0 saturated carbocycles. The maximum absolute atomic E-state index is 3.56. The molecule has 1 aliphatic heterocycles. The Morgan fingerprint density at radius 3 is 2.89 bits per heavy atom. The van der Waals surface area contributed by atoms with Crippen molar-refractivity contribution in [3.63, 3.8) is 0 Å². The molecule has 2 nitrogen and oxygen atoms in total. The summed E-state index contributed by atoms with van der Waals surface area (Å²) in [6.45, 7) is 6.88. The average molecular weight is 348 g/mol. The van der Waals surface area contributed by atoms with Crippen molar-refractivity contribution < 1.29 is 0 Å². The predicted molar refractivity (Wildman–Crippen MR) is 88.1 cm³/mol. The Morgan fingerprint density at radius 2 is 2.21 bits per heavy atom. The Labute approximate surface area is 131 Å². The minimum atomic E-state index is 0. The first-order chi connectivity index (χ1) is 8.69. The first-order valence-electron chi connectivity index (χ1n) is 6.81. The van der Waals surface area contributed by atoms with E-state index in [0.29, 0.717) is 0 Å². The summed E-state index contributed by atoms with van der Waals surface area (Å²) < 4.78 is 1.21. The molecule has 108 valence electrons. The highest BCUT2D eigenvalue weighted by Crippen LogP contribution is 2.21. The van der Waals surface area contributed by atoms with E-state index in [0.717, 1.165) is 19.0 Å². The molecule has 4 heteroatoms. The van der Waals surface area contributed by atoms with Crippen LogP contribution in [0.15, 0.2) is 22.7 Å². The standard InChI is InChI=1S/C15H23BrN2.ClH/c1-12-8-13(5-6-15(12)16)10-18-7-3-4-14(11-18)9-17-2;/h5-6,8,14,17H,3-4,7,9-11H2,1-2H3;1H. The third kappa shape index (κ3) is 5.07. The second kappa shape index (κ2) is 8.25. The molecular formula is C15H24BrClN2. The van der Waals surface area contributed by atoms with Crippen LogP contribution in [0.2, 0.25) is 0 Å². The molecule has 0 radical (unpaired) electrons. The highest BCUT2D eigenvalue weighted by Gasteiger charge is 2.19. The maximum atomic E-state index is 3.56. The Morgan fingerprint density at radius 1 is 1.42 bits per heavy atom. The quantitative estimate of drug-likeness (QED) is 0.895. The molecule has 0 aliphatic carbocycles. The van der Waals surface area contributed by atoms with Crippen LogP contribution in [0.25, 0.3) is 0 Å². The summed E-state index contributed by atoms with van der Waals surface area (Å²) in [5, 5.41) is 3.31. The summed E-state index contributed by atoms with van der Waals surface area (Å²) in [5.41, 5.74) is 2.76. The van der Waals surface area contributed by atoms with Gasteiger partial charge in [-0.3, -0.25) is 4.90 Å². The molecular weight excluding hydrogens is 324 g/mol. The van der Waals surface area contributed by atoms with Crippen molar-refractivity contribution in [1.82, 2.24) is 10.2 Å². The zero-order valence-corrected chi connectivity index (χ0v) is 14.2. The van der Waals surface area contributed by atoms with Crippen molar-refractivity contribution in [3.8, 4) is 0 Å². The average Bonchev–Trinajstić information content (AvgIpc) is 2.35. The number of hydrogen-bond acceptors (Lipinski definition) is 2. The first kappa shape index (κ1) is 17.0. The zero-order valence-electron chi connectivity index (χ0n) is 11.8. The number of rotatable bonds is 4. The Kier molecular flexibility index (Phi) is 7.37. The van der Waals surface area contributed by atoms with Gasteiger partial charge in [-0.15, -0.1) is 12.4 Å². The topological polar surface area (TPSA) is 15.3 Å². The van der Waals surface area contributed by atoms with Gasteiger partial charge in [-0.05, 0) is 63.0 Å². The fraction of sp³-hybridized carbons (Fsp3) is 0.600. The normalized spacial score (nSPS) is 20.1. The van der Waals surface area contributed by atoms with Crippen molar-refractivity contribution in [2.24, 2.45) is 5.92 Å². The van der Waals surface area contributed by atoms with Crippen LogP contribution in [-0.4, -0.2) is 31.6 Å².